The van der Waals surface area contributed by atoms with Crippen molar-refractivity contribution in [1.82, 2.24) is 20.9 Å². The molecule has 0 aromatic heterocycles. The molecule has 0 bridgehead atoms. The zero-order chi connectivity index (χ0) is 33.9. The fourth-order valence-corrected chi connectivity index (χ4v) is 8.62. The van der Waals surface area contributed by atoms with Gasteiger partial charge in [-0.1, -0.05) is 72.1 Å². The van der Waals surface area contributed by atoms with E-state index in [-0.39, 0.29) is 41.3 Å². The number of carbonyl (C=O) groups is 6. The van der Waals surface area contributed by atoms with Gasteiger partial charge in [-0.25, -0.2) is 4.79 Å². The molecule has 262 valence electrons. The lowest BCUT2D eigenvalue weighted by Gasteiger charge is -2.43. The van der Waals surface area contributed by atoms with Crippen molar-refractivity contribution >= 4 is 35.3 Å². The van der Waals surface area contributed by atoms with Gasteiger partial charge in [-0.3, -0.25) is 24.0 Å². The van der Waals surface area contributed by atoms with E-state index < -0.39 is 53.2 Å². The molecule has 0 spiro atoms. The summed E-state index contributed by atoms with van der Waals surface area (Å²) in [5.74, 6) is -2.27. The summed E-state index contributed by atoms with van der Waals surface area (Å²) >= 11 is 0. The Kier molecular flexibility index (Phi) is 11.3. The topological polar surface area (TPSA) is 168 Å². The van der Waals surface area contributed by atoms with Gasteiger partial charge in [-0.2, -0.15) is 0 Å². The van der Waals surface area contributed by atoms with Crippen molar-refractivity contribution < 1.29 is 28.8 Å². The second-order valence-corrected chi connectivity index (χ2v) is 16.0. The predicted molar refractivity (Wildman–Crippen MR) is 177 cm³/mol. The van der Waals surface area contributed by atoms with E-state index in [0.29, 0.717) is 19.4 Å². The molecule has 0 aromatic carbocycles. The van der Waals surface area contributed by atoms with E-state index in [1.807, 2.05) is 20.8 Å². The number of nitrogens with zero attached hydrogens (tertiary/aromatic N) is 1. The summed E-state index contributed by atoms with van der Waals surface area (Å²) in [6.07, 6.45) is 14.0. The van der Waals surface area contributed by atoms with Gasteiger partial charge in [-0.05, 0) is 80.5 Å². The van der Waals surface area contributed by atoms with Gasteiger partial charge in [0.1, 0.15) is 12.1 Å². The Labute approximate surface area is 279 Å². The Morgan fingerprint density at radius 3 is 2.02 bits per heavy atom. The van der Waals surface area contributed by atoms with Crippen LogP contribution in [0.2, 0.25) is 0 Å². The number of urea groups is 1. The number of ketones is 2. The Hall–Kier alpha value is -2.98. The molecule has 5 rings (SSSR count). The van der Waals surface area contributed by atoms with E-state index in [1.165, 1.54) is 0 Å². The smallest absolute Gasteiger partial charge is 0.316 e. The molecule has 1 saturated heterocycles. The number of carbonyl (C=O) groups excluding carboxylic acids is 6. The number of Topliss-reactive ketones (excluding diaryl/α,β-unsaturated/α-hetero) is 2. The highest BCUT2D eigenvalue weighted by atomic mass is 16.2. The van der Waals surface area contributed by atoms with Gasteiger partial charge in [0.2, 0.25) is 17.6 Å². The molecule has 4 aliphatic carbocycles. The molecule has 5 atom stereocenters. The Morgan fingerprint density at radius 2 is 1.45 bits per heavy atom. The molecular weight excluding hydrogens is 598 g/mol. The number of nitrogens with one attached hydrogen (secondary N) is 3. The molecular formula is C36H57N5O6. The molecule has 0 radical (unpaired) electrons. The number of hydrogen-bond donors (Lipinski definition) is 4. The van der Waals surface area contributed by atoms with Crippen LogP contribution in [-0.2, 0) is 24.0 Å². The van der Waals surface area contributed by atoms with Gasteiger partial charge < -0.3 is 26.6 Å². The molecule has 0 aromatic rings. The van der Waals surface area contributed by atoms with E-state index in [4.69, 9.17) is 5.73 Å². The maximum absolute atomic E-state index is 14.7. The lowest BCUT2D eigenvalue weighted by Crippen LogP contribution is -2.63. The summed E-state index contributed by atoms with van der Waals surface area (Å²) in [5.41, 5.74) is 4.82. The molecule has 1 heterocycles. The molecule has 11 nitrogen and oxygen atoms in total. The lowest BCUT2D eigenvalue weighted by atomic mass is 9.70. The largest absolute Gasteiger partial charge is 0.363 e. The van der Waals surface area contributed by atoms with Crippen LogP contribution in [0.15, 0.2) is 0 Å². The van der Waals surface area contributed by atoms with E-state index in [9.17, 15) is 28.8 Å². The van der Waals surface area contributed by atoms with Crippen LogP contribution in [0.3, 0.4) is 0 Å². The number of likely N-dealkylation sites (tertiary alicyclic amines) is 1. The maximum Gasteiger partial charge on any atom is 0.316 e. The molecule has 11 heteroatoms. The van der Waals surface area contributed by atoms with Crippen molar-refractivity contribution in [3.63, 3.8) is 0 Å². The summed E-state index contributed by atoms with van der Waals surface area (Å²) in [7, 11) is 0. The fraction of sp³-hybridized carbons (Fsp3) is 0.833. The minimum Gasteiger partial charge on any atom is -0.363 e. The Morgan fingerprint density at radius 1 is 0.809 bits per heavy atom. The van der Waals surface area contributed by atoms with Crippen molar-refractivity contribution in [1.29, 1.82) is 0 Å². The second-order valence-electron chi connectivity index (χ2n) is 16.0. The third-order valence-corrected chi connectivity index (χ3v) is 11.9. The average molecular weight is 656 g/mol. The summed E-state index contributed by atoms with van der Waals surface area (Å²) in [6, 6.07) is -3.82. The average Bonchev–Trinajstić information content (AvgIpc) is 4.00. The molecule has 47 heavy (non-hydrogen) atoms. The van der Waals surface area contributed by atoms with Gasteiger partial charge in [0.15, 0.2) is 5.78 Å². The molecule has 5 aliphatic rings. The number of amides is 5. The van der Waals surface area contributed by atoms with Gasteiger partial charge in [0.05, 0.1) is 12.1 Å². The van der Waals surface area contributed by atoms with Crippen LogP contribution < -0.4 is 21.7 Å². The normalized spacial score (nSPS) is 26.6. The molecule has 2 unspecified atom stereocenters. The lowest BCUT2D eigenvalue weighted by molar-refractivity contribution is -0.145. The number of primary amides is 1. The SMILES string of the molecule is CC(C)C1CCN(C(=O)[C@@H](NC(=O)N[C@H](C(=O)C2CC2)C2CCCCC2)C2(C)CCCCC2)[C@@H]1C(=O)NC(CC1CC1)C(=O)C(N)=O. The van der Waals surface area contributed by atoms with Gasteiger partial charge >= 0.3 is 6.03 Å². The molecule has 4 saturated carbocycles. The van der Waals surface area contributed by atoms with E-state index >= 15 is 0 Å². The van der Waals surface area contributed by atoms with Crippen LogP contribution in [-0.4, -0.2) is 70.9 Å². The standard InChI is InChI=1S/C36H57N5O6/c1-21(2)25-16-19-41(28(25)33(45)38-26(20-22-12-13-22)30(43)32(37)44)34(46)31(36(3)17-8-5-9-18-36)40-35(47)39-27(29(42)24-14-15-24)23-10-6-4-7-11-23/h21-28,31H,4-20H2,1-3H3,(H2,37,44)(H,38,45)(H2,39,40,47)/t25?,26?,27-,28-,31+/m0/s1. The first-order valence-corrected chi connectivity index (χ1v) is 18.4. The molecule has 5 N–H and O–H groups in total. The Balaban J connectivity index is 1.37. The van der Waals surface area contributed by atoms with Gasteiger partial charge in [0.25, 0.3) is 5.91 Å². The van der Waals surface area contributed by atoms with Crippen molar-refractivity contribution in [3.05, 3.63) is 0 Å². The first-order chi connectivity index (χ1) is 22.4. The van der Waals surface area contributed by atoms with Crippen molar-refractivity contribution in [2.45, 2.75) is 148 Å². The van der Waals surface area contributed by atoms with E-state index in [2.05, 4.69) is 16.0 Å². The zero-order valence-electron chi connectivity index (χ0n) is 28.7. The molecule has 5 amide bonds. The van der Waals surface area contributed by atoms with Crippen LogP contribution in [0, 0.1) is 35.0 Å². The maximum atomic E-state index is 14.7. The predicted octanol–water partition coefficient (Wildman–Crippen LogP) is 3.77. The minimum atomic E-state index is -1.08. The van der Waals surface area contributed by atoms with Crippen LogP contribution in [0.5, 0.6) is 0 Å². The van der Waals surface area contributed by atoms with Crippen LogP contribution in [0.4, 0.5) is 4.79 Å². The quantitative estimate of drug-likeness (QED) is 0.208. The number of nitrogens with two attached hydrogens (primary N) is 1. The van der Waals surface area contributed by atoms with E-state index in [0.717, 1.165) is 89.9 Å². The van der Waals surface area contributed by atoms with Crippen molar-refractivity contribution in [2.24, 2.45) is 40.7 Å². The molecule has 5 fully saturated rings. The van der Waals surface area contributed by atoms with Crippen LogP contribution >= 0.6 is 0 Å². The van der Waals surface area contributed by atoms with Gasteiger partial charge in [-0.15, -0.1) is 0 Å². The highest BCUT2D eigenvalue weighted by Gasteiger charge is 2.50. The summed E-state index contributed by atoms with van der Waals surface area (Å²) in [5, 5.41) is 8.92. The monoisotopic (exact) mass is 655 g/mol. The van der Waals surface area contributed by atoms with Crippen molar-refractivity contribution in [2.75, 3.05) is 6.54 Å². The summed E-state index contributed by atoms with van der Waals surface area (Å²) in [4.78, 5) is 82.1. The highest BCUT2D eigenvalue weighted by molar-refractivity contribution is 6.37. The zero-order valence-corrected chi connectivity index (χ0v) is 28.7. The highest BCUT2D eigenvalue weighted by Crippen LogP contribution is 2.42. The van der Waals surface area contributed by atoms with E-state index in [1.54, 1.807) is 4.90 Å². The third-order valence-electron chi connectivity index (χ3n) is 11.9. The van der Waals surface area contributed by atoms with Crippen LogP contribution in [0.1, 0.15) is 124 Å². The summed E-state index contributed by atoms with van der Waals surface area (Å²) < 4.78 is 0. The Bertz CT molecular complexity index is 1200. The van der Waals surface area contributed by atoms with Crippen molar-refractivity contribution in [3.8, 4) is 0 Å². The fourth-order valence-electron chi connectivity index (χ4n) is 8.62. The number of hydrogen-bond acceptors (Lipinski definition) is 6. The molecule has 1 aliphatic heterocycles. The second kappa shape index (κ2) is 15.1. The minimum absolute atomic E-state index is 0.0116. The number of rotatable bonds is 14. The third kappa shape index (κ3) is 8.55. The van der Waals surface area contributed by atoms with Crippen LogP contribution in [0.25, 0.3) is 0 Å². The first kappa shape index (κ1) is 35.3. The summed E-state index contributed by atoms with van der Waals surface area (Å²) in [6.45, 7) is 6.43. The first-order valence-electron chi connectivity index (χ1n) is 18.4. The van der Waals surface area contributed by atoms with Gasteiger partial charge in [0, 0.05) is 12.5 Å².